The van der Waals surface area contributed by atoms with Gasteiger partial charge in [-0.05, 0) is 42.7 Å². The number of rotatable bonds is 5. The Kier molecular flexibility index (Phi) is 5.86. The topological polar surface area (TPSA) is 79.6 Å². The summed E-state index contributed by atoms with van der Waals surface area (Å²) in [6.45, 7) is 4.47. The van der Waals surface area contributed by atoms with E-state index >= 15 is 0 Å². The summed E-state index contributed by atoms with van der Waals surface area (Å²) in [7, 11) is 0. The molecule has 4 rings (SSSR count). The molecule has 0 unspecified atom stereocenters. The van der Waals surface area contributed by atoms with E-state index in [1.165, 1.54) is 33.2 Å². The molecule has 0 spiro atoms. The summed E-state index contributed by atoms with van der Waals surface area (Å²) in [6.07, 6.45) is 4.35. The molecule has 1 aliphatic heterocycles. The van der Waals surface area contributed by atoms with Gasteiger partial charge in [0.2, 0.25) is 10.1 Å². The van der Waals surface area contributed by atoms with Gasteiger partial charge in [-0.2, -0.15) is 9.50 Å². The van der Waals surface area contributed by atoms with Gasteiger partial charge < -0.3 is 10.2 Å². The van der Waals surface area contributed by atoms with Crippen LogP contribution in [0.3, 0.4) is 0 Å². The molecule has 1 N–H and O–H groups in total. The molecule has 0 radical (unpaired) electrons. The number of benzene rings is 1. The van der Waals surface area contributed by atoms with E-state index in [4.69, 9.17) is 0 Å². The van der Waals surface area contributed by atoms with E-state index in [1.54, 1.807) is 11.8 Å². The predicted molar refractivity (Wildman–Crippen MR) is 117 cm³/mol. The number of amides is 1. The summed E-state index contributed by atoms with van der Waals surface area (Å²) in [5.74, 6) is 0.265. The number of nitrogens with one attached hydrogen (secondary N) is 1. The highest BCUT2D eigenvalue weighted by Gasteiger charge is 2.22. The fourth-order valence-electron chi connectivity index (χ4n) is 3.47. The first-order valence-corrected chi connectivity index (χ1v) is 11.6. The number of fused-ring (bicyclic) bond motifs is 1. The van der Waals surface area contributed by atoms with Gasteiger partial charge in [0.1, 0.15) is 5.69 Å². The zero-order valence-corrected chi connectivity index (χ0v) is 18.1. The first kappa shape index (κ1) is 19.9. The lowest BCUT2D eigenvalue weighted by atomic mass is 10.0. The van der Waals surface area contributed by atoms with Crippen LogP contribution in [0.1, 0.15) is 35.8 Å². The molecular formula is C20H23N5O2S2. The van der Waals surface area contributed by atoms with Crippen LogP contribution in [0.5, 0.6) is 0 Å². The van der Waals surface area contributed by atoms with Gasteiger partial charge in [0.25, 0.3) is 11.5 Å². The molecule has 0 saturated carbocycles. The average Bonchev–Trinajstić information content (AvgIpc) is 3.15. The van der Waals surface area contributed by atoms with Crippen LogP contribution >= 0.6 is 23.1 Å². The molecule has 1 atom stereocenters. The molecule has 7 nitrogen and oxygen atoms in total. The summed E-state index contributed by atoms with van der Waals surface area (Å²) in [5.41, 5.74) is 0.782. The number of nitrogens with zero attached hydrogens (tertiary/aromatic N) is 4. The fraction of sp³-hybridized carbons (Fsp3) is 0.400. The molecule has 1 fully saturated rings. The first-order valence-electron chi connectivity index (χ1n) is 9.60. The summed E-state index contributed by atoms with van der Waals surface area (Å²) in [4.78, 5) is 32.7. The smallest absolute Gasteiger partial charge is 0.274 e. The van der Waals surface area contributed by atoms with Crippen molar-refractivity contribution in [2.75, 3.05) is 24.2 Å². The number of hydrogen-bond acceptors (Lipinski definition) is 7. The van der Waals surface area contributed by atoms with Crippen molar-refractivity contribution >= 4 is 39.1 Å². The second-order valence-electron chi connectivity index (χ2n) is 7.28. The van der Waals surface area contributed by atoms with Crippen molar-refractivity contribution in [3.05, 3.63) is 51.9 Å². The second kappa shape index (κ2) is 8.54. The molecule has 2 aromatic heterocycles. The Bertz CT molecular complexity index is 1080. The largest absolute Gasteiger partial charge is 0.347 e. The van der Waals surface area contributed by atoms with Crippen LogP contribution in [0, 0.1) is 5.92 Å². The van der Waals surface area contributed by atoms with Crippen molar-refractivity contribution in [3.8, 4) is 0 Å². The van der Waals surface area contributed by atoms with Gasteiger partial charge >= 0.3 is 0 Å². The third-order valence-electron chi connectivity index (χ3n) is 5.02. The van der Waals surface area contributed by atoms with E-state index in [0.29, 0.717) is 17.4 Å². The zero-order valence-electron chi connectivity index (χ0n) is 16.4. The van der Waals surface area contributed by atoms with Gasteiger partial charge in [0.05, 0.1) is 0 Å². The SMILES string of the molecule is CSc1ccc(CNC(=O)c2cc(=O)nc3sc(N4CCC[C@@H](C)C4)nn23)cc1. The van der Waals surface area contributed by atoms with E-state index in [9.17, 15) is 9.59 Å². The van der Waals surface area contributed by atoms with Crippen molar-refractivity contribution in [1.82, 2.24) is 19.9 Å². The molecule has 0 aliphatic carbocycles. The number of anilines is 1. The zero-order chi connectivity index (χ0) is 20.4. The van der Waals surface area contributed by atoms with Gasteiger partial charge in [-0.1, -0.05) is 30.4 Å². The minimum atomic E-state index is -0.429. The third-order valence-corrected chi connectivity index (χ3v) is 6.73. The van der Waals surface area contributed by atoms with Gasteiger partial charge in [-0.25, -0.2) is 0 Å². The van der Waals surface area contributed by atoms with E-state index in [0.717, 1.165) is 30.2 Å². The highest BCUT2D eigenvalue weighted by Crippen LogP contribution is 2.27. The minimum absolute atomic E-state index is 0.216. The van der Waals surface area contributed by atoms with Gasteiger partial charge in [0.15, 0.2) is 0 Å². The summed E-state index contributed by atoms with van der Waals surface area (Å²) in [5, 5.41) is 8.29. The maximum absolute atomic E-state index is 12.8. The number of hydrogen-bond donors (Lipinski definition) is 1. The van der Waals surface area contributed by atoms with Crippen LogP contribution in [-0.4, -0.2) is 39.9 Å². The van der Waals surface area contributed by atoms with Crippen LogP contribution in [-0.2, 0) is 6.54 Å². The Morgan fingerprint density at radius 1 is 1.34 bits per heavy atom. The van der Waals surface area contributed by atoms with Crippen molar-refractivity contribution in [2.24, 2.45) is 5.92 Å². The second-order valence-corrected chi connectivity index (χ2v) is 9.10. The van der Waals surface area contributed by atoms with Crippen molar-refractivity contribution in [3.63, 3.8) is 0 Å². The highest BCUT2D eigenvalue weighted by atomic mass is 32.2. The Labute approximate surface area is 177 Å². The molecule has 29 heavy (non-hydrogen) atoms. The van der Waals surface area contributed by atoms with Gasteiger partial charge in [-0.15, -0.1) is 16.9 Å². The summed E-state index contributed by atoms with van der Waals surface area (Å²) in [6, 6.07) is 9.26. The Morgan fingerprint density at radius 3 is 2.86 bits per heavy atom. The number of aromatic nitrogens is 3. The number of piperidine rings is 1. The predicted octanol–water partition coefficient (Wildman–Crippen LogP) is 3.04. The summed E-state index contributed by atoms with van der Waals surface area (Å²) >= 11 is 3.03. The number of carbonyl (C=O) groups excluding carboxylic acids is 1. The van der Waals surface area contributed by atoms with Crippen LogP contribution in [0.15, 0.2) is 40.0 Å². The average molecular weight is 430 g/mol. The van der Waals surface area contributed by atoms with Gasteiger partial charge in [0, 0.05) is 30.6 Å². The van der Waals surface area contributed by atoms with E-state index < -0.39 is 5.56 Å². The minimum Gasteiger partial charge on any atom is -0.347 e. The van der Waals surface area contributed by atoms with Crippen LogP contribution < -0.4 is 15.8 Å². The van der Waals surface area contributed by atoms with E-state index in [2.05, 4.69) is 27.2 Å². The van der Waals surface area contributed by atoms with Crippen LogP contribution in [0.2, 0.25) is 0 Å². The lowest BCUT2D eigenvalue weighted by molar-refractivity contribution is 0.0943. The molecule has 1 saturated heterocycles. The molecule has 152 valence electrons. The molecule has 9 heteroatoms. The van der Waals surface area contributed by atoms with Gasteiger partial charge in [-0.3, -0.25) is 9.59 Å². The molecule has 3 heterocycles. The quantitative estimate of drug-likeness (QED) is 0.628. The Hall–Kier alpha value is -2.39. The highest BCUT2D eigenvalue weighted by molar-refractivity contribution is 7.98. The summed E-state index contributed by atoms with van der Waals surface area (Å²) < 4.78 is 1.49. The maximum atomic E-state index is 12.8. The van der Waals surface area contributed by atoms with Crippen molar-refractivity contribution in [2.45, 2.75) is 31.2 Å². The molecule has 3 aromatic rings. The maximum Gasteiger partial charge on any atom is 0.274 e. The lowest BCUT2D eigenvalue weighted by Gasteiger charge is -2.30. The number of thioether (sulfide) groups is 1. The first-order chi connectivity index (χ1) is 14.0. The van der Waals surface area contributed by atoms with Crippen molar-refractivity contribution in [1.29, 1.82) is 0 Å². The van der Waals surface area contributed by atoms with Crippen LogP contribution in [0.4, 0.5) is 5.13 Å². The third kappa shape index (κ3) is 4.45. The molecule has 1 aliphatic rings. The fourth-order valence-corrected chi connectivity index (χ4v) is 4.82. The molecule has 0 bridgehead atoms. The monoisotopic (exact) mass is 429 g/mol. The Morgan fingerprint density at radius 2 is 2.14 bits per heavy atom. The Balaban J connectivity index is 1.56. The van der Waals surface area contributed by atoms with E-state index in [1.807, 2.05) is 30.5 Å². The molecular weight excluding hydrogens is 406 g/mol. The molecule has 1 aromatic carbocycles. The van der Waals surface area contributed by atoms with Crippen LogP contribution in [0.25, 0.3) is 4.96 Å². The van der Waals surface area contributed by atoms with Crippen molar-refractivity contribution < 1.29 is 4.79 Å². The molecule has 1 amide bonds. The van der Waals surface area contributed by atoms with E-state index in [-0.39, 0.29) is 11.6 Å². The normalized spacial score (nSPS) is 16.9. The standard InChI is InChI=1S/C20H23N5O2S2/c1-13-4-3-9-24(12-13)20-23-25-16(10-17(26)22-19(25)29-20)18(27)21-11-14-5-7-15(28-2)8-6-14/h5-8,10,13H,3-4,9,11-12H2,1-2H3,(H,21,27)/t13-/m1/s1. The number of carbonyl (C=O) groups is 1. The lowest BCUT2D eigenvalue weighted by Crippen LogP contribution is -2.34.